The summed E-state index contributed by atoms with van der Waals surface area (Å²) in [7, 11) is 6.14. The van der Waals surface area contributed by atoms with E-state index in [1.807, 2.05) is 0 Å². The van der Waals surface area contributed by atoms with Crippen molar-refractivity contribution in [2.24, 2.45) is 0 Å². The molecule has 0 bridgehead atoms. The highest BCUT2D eigenvalue weighted by molar-refractivity contribution is 6.67. The standard InChI is InChI=1S/C15H14O4.C8H7ClO2.C7H8O2/c1-18-11-5-3-4-10(8-11)15(17)13-7-6-12(19-2)9-14(13)16;1-11-7-4-2-3-6(5-7)8(9)10;1-9-7-4-2-3-6(8)5-7/h3-9,16H,1-2H3;2-5H,1H3;2-5,8H,1H3. The molecule has 0 heterocycles. The summed E-state index contributed by atoms with van der Waals surface area (Å²) in [5, 5.41) is 18.2. The number of phenolic OH excluding ortho intramolecular Hbond substituents is 2. The van der Waals surface area contributed by atoms with Crippen molar-refractivity contribution in [3.63, 3.8) is 0 Å². The molecular formula is C30H29ClO8. The second-order valence-corrected chi connectivity index (χ2v) is 7.99. The summed E-state index contributed by atoms with van der Waals surface area (Å²) < 4.78 is 19.8. The van der Waals surface area contributed by atoms with E-state index in [1.54, 1.807) is 86.0 Å². The molecule has 4 aromatic rings. The lowest BCUT2D eigenvalue weighted by atomic mass is 10.0. The van der Waals surface area contributed by atoms with Crippen LogP contribution in [-0.4, -0.2) is 49.7 Å². The number of ether oxygens (including phenoxy) is 4. The van der Waals surface area contributed by atoms with Crippen LogP contribution in [0.1, 0.15) is 26.3 Å². The smallest absolute Gasteiger partial charge is 0.252 e. The number of ketones is 1. The molecule has 0 atom stereocenters. The van der Waals surface area contributed by atoms with Crippen LogP contribution in [0.3, 0.4) is 0 Å². The Balaban J connectivity index is 0.000000226. The maximum atomic E-state index is 12.3. The van der Waals surface area contributed by atoms with Crippen LogP contribution in [0.2, 0.25) is 0 Å². The number of halogens is 1. The zero-order chi connectivity index (χ0) is 28.8. The lowest BCUT2D eigenvalue weighted by Gasteiger charge is -2.07. The molecule has 0 unspecified atom stereocenters. The van der Waals surface area contributed by atoms with Gasteiger partial charge in [0.2, 0.25) is 0 Å². The minimum atomic E-state index is -0.469. The summed E-state index contributed by atoms with van der Waals surface area (Å²) in [6, 6.07) is 24.7. The van der Waals surface area contributed by atoms with E-state index >= 15 is 0 Å². The first-order valence-electron chi connectivity index (χ1n) is 11.4. The minimum Gasteiger partial charge on any atom is -0.508 e. The molecule has 0 saturated heterocycles. The molecule has 0 aliphatic carbocycles. The third kappa shape index (κ3) is 9.60. The molecule has 0 amide bonds. The molecule has 0 aromatic heterocycles. The van der Waals surface area contributed by atoms with Crippen molar-refractivity contribution < 1.29 is 38.7 Å². The Morgan fingerprint density at radius 2 is 1.05 bits per heavy atom. The fraction of sp³-hybridized carbons (Fsp3) is 0.133. The number of rotatable bonds is 7. The zero-order valence-electron chi connectivity index (χ0n) is 21.9. The van der Waals surface area contributed by atoms with Crippen molar-refractivity contribution in [2.75, 3.05) is 28.4 Å². The van der Waals surface area contributed by atoms with Gasteiger partial charge in [-0.1, -0.05) is 24.3 Å². The molecule has 2 N–H and O–H groups in total. The highest BCUT2D eigenvalue weighted by Crippen LogP contribution is 2.26. The molecule has 0 spiro atoms. The molecule has 39 heavy (non-hydrogen) atoms. The Morgan fingerprint density at radius 3 is 1.51 bits per heavy atom. The van der Waals surface area contributed by atoms with Gasteiger partial charge < -0.3 is 29.2 Å². The van der Waals surface area contributed by atoms with Gasteiger partial charge >= 0.3 is 0 Å². The quantitative estimate of drug-likeness (QED) is 0.208. The van der Waals surface area contributed by atoms with E-state index in [9.17, 15) is 14.7 Å². The Bertz CT molecular complexity index is 1390. The SMILES string of the molecule is COc1cccc(C(=O)Cl)c1.COc1cccc(C(=O)c2ccc(OC)cc2O)c1.COc1cccc(O)c1. The van der Waals surface area contributed by atoms with Crippen molar-refractivity contribution in [2.45, 2.75) is 0 Å². The van der Waals surface area contributed by atoms with Crippen LogP contribution in [0.25, 0.3) is 0 Å². The van der Waals surface area contributed by atoms with Crippen LogP contribution < -0.4 is 18.9 Å². The first kappa shape index (κ1) is 30.5. The molecule has 9 heteroatoms. The second kappa shape index (κ2) is 15.5. The predicted octanol–water partition coefficient (Wildman–Crippen LogP) is 6.12. The normalized spacial score (nSPS) is 9.56. The van der Waals surface area contributed by atoms with E-state index in [0.717, 1.165) is 0 Å². The maximum Gasteiger partial charge on any atom is 0.252 e. The number of carbonyl (C=O) groups is 2. The Morgan fingerprint density at radius 1 is 0.590 bits per heavy atom. The molecule has 4 aromatic carbocycles. The van der Waals surface area contributed by atoms with Crippen molar-refractivity contribution in [3.8, 4) is 34.5 Å². The van der Waals surface area contributed by atoms with Gasteiger partial charge in [0.05, 0.1) is 34.0 Å². The van der Waals surface area contributed by atoms with Crippen LogP contribution in [-0.2, 0) is 0 Å². The first-order chi connectivity index (χ1) is 18.7. The predicted molar refractivity (Wildman–Crippen MR) is 149 cm³/mol. The molecule has 0 fully saturated rings. The topological polar surface area (TPSA) is 112 Å². The summed E-state index contributed by atoms with van der Waals surface area (Å²) in [6.07, 6.45) is 0. The van der Waals surface area contributed by atoms with E-state index in [-0.39, 0.29) is 22.8 Å². The highest BCUT2D eigenvalue weighted by atomic mass is 35.5. The summed E-state index contributed by atoms with van der Waals surface area (Å²) in [6.45, 7) is 0. The van der Waals surface area contributed by atoms with E-state index in [1.165, 1.54) is 33.5 Å². The van der Waals surface area contributed by atoms with Crippen LogP contribution >= 0.6 is 11.6 Å². The summed E-state index contributed by atoms with van der Waals surface area (Å²) in [4.78, 5) is 22.9. The number of methoxy groups -OCH3 is 4. The van der Waals surface area contributed by atoms with Gasteiger partial charge in [-0.3, -0.25) is 9.59 Å². The average molecular weight is 553 g/mol. The van der Waals surface area contributed by atoms with E-state index in [2.05, 4.69) is 0 Å². The largest absolute Gasteiger partial charge is 0.508 e. The summed E-state index contributed by atoms with van der Waals surface area (Å²) in [5.41, 5.74) is 1.14. The van der Waals surface area contributed by atoms with E-state index < -0.39 is 5.24 Å². The Kier molecular flexibility index (Phi) is 12.2. The van der Waals surface area contributed by atoms with Crippen LogP contribution in [0.4, 0.5) is 0 Å². The number of benzene rings is 4. The molecule has 4 rings (SSSR count). The van der Waals surface area contributed by atoms with Gasteiger partial charge in [0.25, 0.3) is 5.24 Å². The van der Waals surface area contributed by atoms with Gasteiger partial charge in [-0.05, 0) is 66.2 Å². The molecule has 0 radical (unpaired) electrons. The lowest BCUT2D eigenvalue weighted by molar-refractivity contribution is 0.103. The fourth-order valence-electron chi connectivity index (χ4n) is 3.11. The van der Waals surface area contributed by atoms with Gasteiger partial charge in [-0.15, -0.1) is 0 Å². The van der Waals surface area contributed by atoms with E-state index in [4.69, 9.17) is 35.7 Å². The molecule has 0 aliphatic rings. The third-order valence-corrected chi connectivity index (χ3v) is 5.35. The maximum absolute atomic E-state index is 12.3. The molecule has 0 saturated carbocycles. The zero-order valence-corrected chi connectivity index (χ0v) is 22.6. The number of hydrogen-bond donors (Lipinski definition) is 2. The van der Waals surface area contributed by atoms with Crippen LogP contribution in [0.15, 0.2) is 91.0 Å². The van der Waals surface area contributed by atoms with Crippen molar-refractivity contribution >= 4 is 22.6 Å². The number of hydrogen-bond acceptors (Lipinski definition) is 8. The monoisotopic (exact) mass is 552 g/mol. The minimum absolute atomic E-state index is 0.104. The van der Waals surface area contributed by atoms with Crippen LogP contribution in [0, 0.1) is 0 Å². The Labute approximate surface area is 231 Å². The van der Waals surface area contributed by atoms with Gasteiger partial charge in [-0.25, -0.2) is 0 Å². The highest BCUT2D eigenvalue weighted by Gasteiger charge is 2.14. The summed E-state index contributed by atoms with van der Waals surface area (Å²) in [5.74, 6) is 2.27. The second-order valence-electron chi connectivity index (χ2n) is 7.65. The number of aromatic hydroxyl groups is 2. The van der Waals surface area contributed by atoms with Gasteiger partial charge in [-0.2, -0.15) is 0 Å². The van der Waals surface area contributed by atoms with Gasteiger partial charge in [0.1, 0.15) is 34.5 Å². The summed E-state index contributed by atoms with van der Waals surface area (Å²) >= 11 is 5.24. The van der Waals surface area contributed by atoms with Crippen molar-refractivity contribution in [3.05, 3.63) is 108 Å². The molecule has 204 valence electrons. The van der Waals surface area contributed by atoms with Gasteiger partial charge in [0, 0.05) is 23.3 Å². The average Bonchev–Trinajstić information content (AvgIpc) is 2.97. The molecule has 8 nitrogen and oxygen atoms in total. The fourth-order valence-corrected chi connectivity index (χ4v) is 3.22. The number of phenols is 2. The first-order valence-corrected chi connectivity index (χ1v) is 11.8. The van der Waals surface area contributed by atoms with Crippen molar-refractivity contribution in [1.82, 2.24) is 0 Å². The lowest BCUT2D eigenvalue weighted by Crippen LogP contribution is -2.02. The van der Waals surface area contributed by atoms with Crippen molar-refractivity contribution in [1.29, 1.82) is 0 Å². The third-order valence-electron chi connectivity index (χ3n) is 5.13. The molecule has 0 aliphatic heterocycles. The van der Waals surface area contributed by atoms with E-state index in [0.29, 0.717) is 34.1 Å². The Hall–Kier alpha value is -4.69. The number of carbonyl (C=O) groups excluding carboxylic acids is 2. The molecular weight excluding hydrogens is 524 g/mol. The van der Waals surface area contributed by atoms with Gasteiger partial charge in [0.15, 0.2) is 5.78 Å². The van der Waals surface area contributed by atoms with Crippen LogP contribution in [0.5, 0.6) is 34.5 Å².